The molecule has 0 bridgehead atoms. The average Bonchev–Trinajstić information content (AvgIpc) is 2.50. The van der Waals surface area contributed by atoms with Gasteiger partial charge in [-0.2, -0.15) is 0 Å². The van der Waals surface area contributed by atoms with Crippen molar-refractivity contribution in [1.29, 1.82) is 0 Å². The van der Waals surface area contributed by atoms with Crippen LogP contribution in [0.4, 0.5) is 0 Å². The molecule has 0 aliphatic carbocycles. The third-order valence-electron chi connectivity index (χ3n) is 4.20. The molecule has 1 aromatic carbocycles. The van der Waals surface area contributed by atoms with Crippen LogP contribution in [0, 0.1) is 0 Å². The monoisotopic (exact) mass is 288 g/mol. The Morgan fingerprint density at radius 2 is 1.95 bits per heavy atom. The average molecular weight is 288 g/mol. The lowest BCUT2D eigenvalue weighted by Gasteiger charge is -2.31. The van der Waals surface area contributed by atoms with Crippen LogP contribution in [0.2, 0.25) is 0 Å². The van der Waals surface area contributed by atoms with Gasteiger partial charge in [-0.3, -0.25) is 4.79 Å². The number of nitrogens with zero attached hydrogens (tertiary/aromatic N) is 1. The number of hydrogen-bond donors (Lipinski definition) is 1. The highest BCUT2D eigenvalue weighted by atomic mass is 16.2. The molecule has 1 aliphatic rings. The van der Waals surface area contributed by atoms with Gasteiger partial charge < -0.3 is 10.2 Å². The fraction of sp³-hybridized carbons (Fsp3) is 0.611. The molecule has 116 valence electrons. The smallest absolute Gasteiger partial charge is 0.222 e. The molecule has 1 aliphatic heterocycles. The standard InChI is InChI=1S/C18H28N2O/c1-3-7-15-9-11-16(12-10-15)17(19-4-2)14-20-13-6-5-8-18(20)21/h9-12,17,19H,3-8,13-14H2,1-2H3. The van der Waals surface area contributed by atoms with E-state index in [-0.39, 0.29) is 6.04 Å². The molecule has 1 saturated heterocycles. The quantitative estimate of drug-likeness (QED) is 0.835. The molecule has 0 aromatic heterocycles. The molecule has 1 atom stereocenters. The Morgan fingerprint density at radius 1 is 1.19 bits per heavy atom. The first-order valence-electron chi connectivity index (χ1n) is 8.34. The first-order valence-corrected chi connectivity index (χ1v) is 8.34. The van der Waals surface area contributed by atoms with Crippen LogP contribution < -0.4 is 5.32 Å². The number of piperidine rings is 1. The number of hydrogen-bond acceptors (Lipinski definition) is 2. The summed E-state index contributed by atoms with van der Waals surface area (Å²) >= 11 is 0. The van der Waals surface area contributed by atoms with Crippen molar-refractivity contribution in [3.05, 3.63) is 35.4 Å². The number of likely N-dealkylation sites (N-methyl/N-ethyl adjacent to an activating group) is 1. The maximum Gasteiger partial charge on any atom is 0.222 e. The lowest BCUT2D eigenvalue weighted by atomic mass is 10.0. The molecular formula is C18H28N2O. The fourth-order valence-electron chi connectivity index (χ4n) is 3.01. The van der Waals surface area contributed by atoms with Gasteiger partial charge in [-0.1, -0.05) is 44.5 Å². The second-order valence-corrected chi connectivity index (χ2v) is 5.90. The number of benzene rings is 1. The number of carbonyl (C=O) groups is 1. The van der Waals surface area contributed by atoms with Crippen LogP contribution in [0.25, 0.3) is 0 Å². The largest absolute Gasteiger partial charge is 0.341 e. The van der Waals surface area contributed by atoms with Crippen LogP contribution in [0.3, 0.4) is 0 Å². The van der Waals surface area contributed by atoms with Crippen molar-refractivity contribution in [2.24, 2.45) is 0 Å². The fourth-order valence-corrected chi connectivity index (χ4v) is 3.01. The first-order chi connectivity index (χ1) is 10.2. The predicted molar refractivity (Wildman–Crippen MR) is 87.3 cm³/mol. The molecule has 1 fully saturated rings. The topological polar surface area (TPSA) is 32.3 Å². The zero-order valence-corrected chi connectivity index (χ0v) is 13.4. The van der Waals surface area contributed by atoms with Gasteiger partial charge >= 0.3 is 0 Å². The highest BCUT2D eigenvalue weighted by molar-refractivity contribution is 5.76. The van der Waals surface area contributed by atoms with Crippen molar-refractivity contribution in [2.75, 3.05) is 19.6 Å². The van der Waals surface area contributed by atoms with Crippen molar-refractivity contribution in [1.82, 2.24) is 10.2 Å². The van der Waals surface area contributed by atoms with Gasteiger partial charge in [-0.25, -0.2) is 0 Å². The number of amides is 1. The molecule has 0 saturated carbocycles. The van der Waals surface area contributed by atoms with Crippen molar-refractivity contribution >= 4 is 5.91 Å². The Hall–Kier alpha value is -1.35. The van der Waals surface area contributed by atoms with E-state index in [0.29, 0.717) is 12.3 Å². The molecule has 1 aromatic rings. The number of likely N-dealkylation sites (tertiary alicyclic amines) is 1. The Morgan fingerprint density at radius 3 is 2.57 bits per heavy atom. The first kappa shape index (κ1) is 16.0. The molecule has 3 heteroatoms. The van der Waals surface area contributed by atoms with E-state index in [1.807, 2.05) is 4.90 Å². The van der Waals surface area contributed by atoms with Crippen LogP contribution in [0.1, 0.15) is 56.7 Å². The summed E-state index contributed by atoms with van der Waals surface area (Å²) in [4.78, 5) is 14.0. The number of carbonyl (C=O) groups excluding carboxylic acids is 1. The molecule has 3 nitrogen and oxygen atoms in total. The van der Waals surface area contributed by atoms with E-state index in [9.17, 15) is 4.79 Å². The molecular weight excluding hydrogens is 260 g/mol. The Kier molecular flexibility index (Phi) is 6.24. The van der Waals surface area contributed by atoms with E-state index in [1.165, 1.54) is 17.5 Å². The minimum absolute atomic E-state index is 0.243. The van der Waals surface area contributed by atoms with Gasteiger partial charge in [0.1, 0.15) is 0 Å². The van der Waals surface area contributed by atoms with E-state index in [4.69, 9.17) is 0 Å². The summed E-state index contributed by atoms with van der Waals surface area (Å²) in [5.74, 6) is 0.312. The Bertz CT molecular complexity index is 441. The molecule has 0 radical (unpaired) electrons. The minimum Gasteiger partial charge on any atom is -0.341 e. The van der Waals surface area contributed by atoms with Gasteiger partial charge in [0.05, 0.1) is 0 Å². The van der Waals surface area contributed by atoms with Crippen molar-refractivity contribution < 1.29 is 4.79 Å². The van der Waals surface area contributed by atoms with Gasteiger partial charge in [0.2, 0.25) is 5.91 Å². The van der Waals surface area contributed by atoms with E-state index in [0.717, 1.165) is 38.9 Å². The van der Waals surface area contributed by atoms with E-state index >= 15 is 0 Å². The van der Waals surface area contributed by atoms with Crippen LogP contribution in [-0.2, 0) is 11.2 Å². The van der Waals surface area contributed by atoms with E-state index < -0.39 is 0 Å². The zero-order valence-electron chi connectivity index (χ0n) is 13.4. The second kappa shape index (κ2) is 8.18. The molecule has 1 unspecified atom stereocenters. The maximum atomic E-state index is 12.0. The van der Waals surface area contributed by atoms with Gasteiger partial charge in [0.25, 0.3) is 0 Å². The number of aryl methyl sites for hydroxylation is 1. The highest BCUT2D eigenvalue weighted by Crippen LogP contribution is 2.19. The zero-order chi connectivity index (χ0) is 15.1. The number of rotatable bonds is 7. The van der Waals surface area contributed by atoms with Crippen LogP contribution in [0.5, 0.6) is 0 Å². The second-order valence-electron chi connectivity index (χ2n) is 5.90. The summed E-state index contributed by atoms with van der Waals surface area (Å²) in [5, 5.41) is 3.52. The number of nitrogens with one attached hydrogen (secondary N) is 1. The normalized spacial score (nSPS) is 17.0. The molecule has 1 N–H and O–H groups in total. The summed E-state index contributed by atoms with van der Waals surface area (Å²) in [6, 6.07) is 9.12. The summed E-state index contributed by atoms with van der Waals surface area (Å²) in [7, 11) is 0. The summed E-state index contributed by atoms with van der Waals surface area (Å²) in [6.45, 7) is 6.95. The van der Waals surface area contributed by atoms with Gasteiger partial charge in [-0.05, 0) is 36.9 Å². The molecule has 21 heavy (non-hydrogen) atoms. The predicted octanol–water partition coefficient (Wildman–Crippen LogP) is 3.30. The van der Waals surface area contributed by atoms with Crippen LogP contribution >= 0.6 is 0 Å². The van der Waals surface area contributed by atoms with E-state index in [2.05, 4.69) is 43.4 Å². The molecule has 1 amide bonds. The van der Waals surface area contributed by atoms with Crippen molar-refractivity contribution in [3.8, 4) is 0 Å². The summed E-state index contributed by atoms with van der Waals surface area (Å²) in [6.07, 6.45) is 5.22. The maximum absolute atomic E-state index is 12.0. The summed E-state index contributed by atoms with van der Waals surface area (Å²) < 4.78 is 0. The lowest BCUT2D eigenvalue weighted by Crippen LogP contribution is -2.41. The van der Waals surface area contributed by atoms with Crippen LogP contribution in [-0.4, -0.2) is 30.4 Å². The third kappa shape index (κ3) is 4.57. The Balaban J connectivity index is 2.04. The molecule has 1 heterocycles. The van der Waals surface area contributed by atoms with Crippen LogP contribution in [0.15, 0.2) is 24.3 Å². The van der Waals surface area contributed by atoms with Gasteiger partial charge in [0.15, 0.2) is 0 Å². The lowest BCUT2D eigenvalue weighted by molar-refractivity contribution is -0.133. The SMILES string of the molecule is CCCc1ccc(C(CN2CCCCC2=O)NCC)cc1. The van der Waals surface area contributed by atoms with E-state index in [1.54, 1.807) is 0 Å². The Labute approximate surface area is 128 Å². The minimum atomic E-state index is 0.243. The van der Waals surface area contributed by atoms with Gasteiger partial charge in [-0.15, -0.1) is 0 Å². The highest BCUT2D eigenvalue weighted by Gasteiger charge is 2.22. The van der Waals surface area contributed by atoms with Gasteiger partial charge in [0, 0.05) is 25.6 Å². The summed E-state index contributed by atoms with van der Waals surface area (Å²) in [5.41, 5.74) is 2.68. The van der Waals surface area contributed by atoms with Crippen molar-refractivity contribution in [3.63, 3.8) is 0 Å². The molecule has 2 rings (SSSR count). The molecule has 0 spiro atoms. The van der Waals surface area contributed by atoms with Crippen molar-refractivity contribution in [2.45, 2.75) is 52.0 Å². The third-order valence-corrected chi connectivity index (χ3v) is 4.20.